The Morgan fingerprint density at radius 1 is 1.10 bits per heavy atom. The molecule has 8 heteroatoms. The number of fused-ring (bicyclic) bond motifs is 3. The minimum atomic E-state index is -0.738. The quantitative estimate of drug-likeness (QED) is 0.355. The van der Waals surface area contributed by atoms with E-state index in [2.05, 4.69) is 12.2 Å². The number of hydrogen-bond donors (Lipinski definition) is 5. The molecule has 8 nitrogen and oxygen atoms in total. The van der Waals surface area contributed by atoms with Gasteiger partial charge in [-0.25, -0.2) is 0 Å². The molecule has 4 atom stereocenters. The maximum absolute atomic E-state index is 14.2. The number of carbonyl (C=O) groups excluding carboxylic acids is 2. The first-order chi connectivity index (χ1) is 19.1. The summed E-state index contributed by atoms with van der Waals surface area (Å²) in [6, 6.07) is 3.04. The predicted molar refractivity (Wildman–Crippen MR) is 154 cm³/mol. The number of aromatic hydroxyl groups is 1. The number of Topliss-reactive ketones (excluding diaryl/α,β-unsaturated/α-hetero) is 1. The maximum Gasteiger partial charge on any atom is 0.252 e. The topological polar surface area (TPSA) is 136 Å². The second kappa shape index (κ2) is 11.1. The molecule has 3 unspecified atom stereocenters. The van der Waals surface area contributed by atoms with Crippen LogP contribution in [0.2, 0.25) is 0 Å². The largest absolute Gasteiger partial charge is 0.511 e. The highest BCUT2D eigenvalue weighted by Crippen LogP contribution is 2.54. The Balaban J connectivity index is 1.70. The number of unbranched alkanes of at least 4 members (excludes halogenated alkanes) is 1. The van der Waals surface area contributed by atoms with Crippen molar-refractivity contribution in [1.29, 1.82) is 0 Å². The van der Waals surface area contributed by atoms with Gasteiger partial charge in [0.05, 0.1) is 17.2 Å². The zero-order valence-electron chi connectivity index (χ0n) is 24.1. The first-order valence-corrected chi connectivity index (χ1v) is 14.7. The molecular weight excluding hydrogens is 506 g/mol. The summed E-state index contributed by atoms with van der Waals surface area (Å²) in [4.78, 5) is 28.8. The summed E-state index contributed by atoms with van der Waals surface area (Å²) in [5, 5.41) is 37.8. The van der Waals surface area contributed by atoms with Gasteiger partial charge < -0.3 is 26.4 Å². The fourth-order valence-electron chi connectivity index (χ4n) is 7.92. The van der Waals surface area contributed by atoms with Crippen LogP contribution in [0.4, 0.5) is 0 Å². The van der Waals surface area contributed by atoms with Crippen molar-refractivity contribution in [2.45, 2.75) is 70.8 Å². The highest BCUT2D eigenvalue weighted by molar-refractivity contribution is 6.13. The molecular formula is C32H43N3O5. The van der Waals surface area contributed by atoms with Crippen molar-refractivity contribution in [3.63, 3.8) is 0 Å². The molecule has 0 saturated carbocycles. The van der Waals surface area contributed by atoms with E-state index in [1.807, 2.05) is 32.0 Å². The lowest BCUT2D eigenvalue weighted by Gasteiger charge is -2.48. The van der Waals surface area contributed by atoms with Gasteiger partial charge in [-0.15, -0.1) is 0 Å². The molecule has 4 aliphatic rings. The standard InChI is InChI=1S/C32H43N3O5/c1-5-6-7-16(2)23-26-21(28(35(3)4)31(39)27(23)32(33)40)15-18-14-20-19(17-10-12-34-13-11-17)8-9-22(36)25(20)29(37)24(18)30(26)38/h8-9,17-18,21,26,28,34,36,38-39H,5-7,10-15H2,1-4H3,(H2,33,40)/b23-16+/t18?,21?,26?,28-/m0/s1. The number of ketones is 1. The van der Waals surface area contributed by atoms with E-state index in [0.717, 1.165) is 55.5 Å². The van der Waals surface area contributed by atoms with Gasteiger partial charge in [-0.2, -0.15) is 0 Å². The van der Waals surface area contributed by atoms with Gasteiger partial charge in [0.1, 0.15) is 17.3 Å². The van der Waals surface area contributed by atoms with E-state index in [0.29, 0.717) is 41.9 Å². The molecule has 1 fully saturated rings. The van der Waals surface area contributed by atoms with Crippen LogP contribution in [0.25, 0.3) is 0 Å². The van der Waals surface area contributed by atoms with Gasteiger partial charge >= 0.3 is 0 Å². The molecule has 40 heavy (non-hydrogen) atoms. The van der Waals surface area contributed by atoms with Gasteiger partial charge in [0.25, 0.3) is 5.91 Å². The van der Waals surface area contributed by atoms with Crippen molar-refractivity contribution < 1.29 is 24.9 Å². The third-order valence-electron chi connectivity index (χ3n) is 9.68. The lowest BCUT2D eigenvalue weighted by molar-refractivity contribution is -0.114. The molecule has 3 aliphatic carbocycles. The van der Waals surface area contributed by atoms with Crippen LogP contribution >= 0.6 is 0 Å². The number of amides is 1. The van der Waals surface area contributed by atoms with Crippen LogP contribution in [0.3, 0.4) is 0 Å². The van der Waals surface area contributed by atoms with Crippen molar-refractivity contribution in [2.75, 3.05) is 27.2 Å². The summed E-state index contributed by atoms with van der Waals surface area (Å²) in [6.07, 6.45) is 5.56. The summed E-state index contributed by atoms with van der Waals surface area (Å²) in [5.74, 6) is -2.08. The minimum Gasteiger partial charge on any atom is -0.511 e. The van der Waals surface area contributed by atoms with Crippen LogP contribution < -0.4 is 11.1 Å². The first-order valence-electron chi connectivity index (χ1n) is 14.7. The van der Waals surface area contributed by atoms with Crippen molar-refractivity contribution in [3.8, 4) is 5.75 Å². The van der Waals surface area contributed by atoms with Crippen LogP contribution in [-0.2, 0) is 11.2 Å². The Bertz CT molecular complexity index is 1320. The number of nitrogens with one attached hydrogen (secondary N) is 1. The molecule has 5 rings (SSSR count). The Morgan fingerprint density at radius 2 is 1.80 bits per heavy atom. The second-order valence-electron chi connectivity index (χ2n) is 12.3. The Morgan fingerprint density at radius 3 is 2.42 bits per heavy atom. The van der Waals surface area contributed by atoms with E-state index < -0.39 is 17.9 Å². The number of aliphatic hydroxyl groups excluding tert-OH is 2. The van der Waals surface area contributed by atoms with Gasteiger partial charge in [-0.05, 0) is 113 Å². The van der Waals surface area contributed by atoms with Gasteiger partial charge in [0.2, 0.25) is 0 Å². The number of carbonyl (C=O) groups is 2. The van der Waals surface area contributed by atoms with Crippen molar-refractivity contribution in [2.24, 2.45) is 23.5 Å². The number of benzene rings is 1. The summed E-state index contributed by atoms with van der Waals surface area (Å²) >= 11 is 0. The first kappa shape index (κ1) is 28.4. The molecule has 216 valence electrons. The summed E-state index contributed by atoms with van der Waals surface area (Å²) in [5.41, 5.74) is 9.99. The zero-order valence-corrected chi connectivity index (χ0v) is 24.1. The molecule has 1 aliphatic heterocycles. The molecule has 0 aromatic heterocycles. The molecule has 0 bridgehead atoms. The van der Waals surface area contributed by atoms with Crippen LogP contribution in [0.15, 0.2) is 45.9 Å². The molecule has 1 aromatic rings. The number of rotatable bonds is 6. The smallest absolute Gasteiger partial charge is 0.252 e. The molecule has 0 radical (unpaired) electrons. The number of hydrogen-bond acceptors (Lipinski definition) is 7. The number of aliphatic hydroxyl groups is 2. The van der Waals surface area contributed by atoms with E-state index >= 15 is 0 Å². The molecule has 1 amide bonds. The van der Waals surface area contributed by atoms with Crippen LogP contribution in [0, 0.1) is 17.8 Å². The number of nitrogens with two attached hydrogens (primary N) is 1. The summed E-state index contributed by atoms with van der Waals surface area (Å²) in [7, 11) is 3.69. The number of likely N-dealkylation sites (N-methyl/N-ethyl adjacent to an activating group) is 1. The highest BCUT2D eigenvalue weighted by Gasteiger charge is 2.53. The number of nitrogens with zero attached hydrogens (tertiary/aromatic N) is 1. The SMILES string of the molecule is CCCC/C(C)=C1/C(C(N)=O)=C(O)[C@@H](N(C)C)C2CC3Cc4c(C5CCNCC5)ccc(O)c4C(=O)C3=C(O)C12. The number of piperidine rings is 1. The molecule has 1 saturated heterocycles. The molecule has 0 spiro atoms. The average Bonchev–Trinajstić information content (AvgIpc) is 2.91. The van der Waals surface area contributed by atoms with E-state index in [9.17, 15) is 24.9 Å². The van der Waals surface area contributed by atoms with E-state index in [-0.39, 0.29) is 40.5 Å². The van der Waals surface area contributed by atoms with Crippen LogP contribution in [-0.4, -0.2) is 65.1 Å². The number of allylic oxidation sites excluding steroid dienone is 3. The molecule has 6 N–H and O–H groups in total. The Labute approximate surface area is 236 Å². The van der Waals surface area contributed by atoms with Gasteiger partial charge in [-0.1, -0.05) is 25.0 Å². The van der Waals surface area contributed by atoms with Crippen molar-refractivity contribution >= 4 is 11.7 Å². The van der Waals surface area contributed by atoms with Crippen LogP contribution in [0.5, 0.6) is 5.75 Å². The second-order valence-corrected chi connectivity index (χ2v) is 12.3. The fraction of sp³-hybridized carbons (Fsp3) is 0.562. The summed E-state index contributed by atoms with van der Waals surface area (Å²) in [6.45, 7) is 5.84. The Hall–Kier alpha value is -3.10. The number of phenols is 1. The van der Waals surface area contributed by atoms with E-state index in [4.69, 9.17) is 5.73 Å². The van der Waals surface area contributed by atoms with Crippen LogP contribution in [0.1, 0.15) is 79.8 Å². The fourth-order valence-corrected chi connectivity index (χ4v) is 7.92. The molecule has 1 heterocycles. The number of primary amides is 1. The van der Waals surface area contributed by atoms with Gasteiger partial charge in [0.15, 0.2) is 5.78 Å². The lowest BCUT2D eigenvalue weighted by atomic mass is 9.58. The minimum absolute atomic E-state index is 0.0486. The third-order valence-corrected chi connectivity index (χ3v) is 9.68. The maximum atomic E-state index is 14.2. The van der Waals surface area contributed by atoms with Crippen molar-refractivity contribution in [1.82, 2.24) is 10.2 Å². The Kier molecular flexibility index (Phi) is 7.86. The highest BCUT2D eigenvalue weighted by atomic mass is 16.3. The number of phenolic OH excluding ortho intramolecular Hbond substituents is 1. The third kappa shape index (κ3) is 4.55. The summed E-state index contributed by atoms with van der Waals surface area (Å²) < 4.78 is 0. The predicted octanol–water partition coefficient (Wildman–Crippen LogP) is 4.41. The molecule has 1 aromatic carbocycles. The average molecular weight is 550 g/mol. The van der Waals surface area contributed by atoms with E-state index in [1.54, 1.807) is 6.07 Å². The van der Waals surface area contributed by atoms with Gasteiger partial charge in [0, 0.05) is 11.5 Å². The van der Waals surface area contributed by atoms with E-state index in [1.165, 1.54) is 0 Å². The normalized spacial score (nSPS) is 28.4. The van der Waals surface area contributed by atoms with Crippen molar-refractivity contribution in [3.05, 3.63) is 62.6 Å². The monoisotopic (exact) mass is 549 g/mol. The lowest BCUT2D eigenvalue weighted by Crippen LogP contribution is -2.51. The van der Waals surface area contributed by atoms with Gasteiger partial charge in [-0.3, -0.25) is 14.5 Å². The zero-order chi connectivity index (χ0) is 28.9.